The van der Waals surface area contributed by atoms with Crippen molar-refractivity contribution in [3.8, 4) is 0 Å². The Bertz CT molecular complexity index is 217. The molecule has 0 aromatic carbocycles. The summed E-state index contributed by atoms with van der Waals surface area (Å²) in [6.45, 7) is -0.238. The number of hydrogen-bond donors (Lipinski definition) is 3. The normalized spacial score (nSPS) is 24.1. The van der Waals surface area contributed by atoms with Crippen LogP contribution in [0.1, 0.15) is 6.42 Å². The molecule has 0 aromatic rings. The van der Waals surface area contributed by atoms with Crippen LogP contribution in [-0.2, 0) is 4.79 Å². The first-order valence-corrected chi connectivity index (χ1v) is 4.55. The van der Waals surface area contributed by atoms with Crippen LogP contribution in [0.3, 0.4) is 0 Å². The zero-order valence-electron chi connectivity index (χ0n) is 8.13. The van der Waals surface area contributed by atoms with E-state index in [-0.39, 0.29) is 32.0 Å². The van der Waals surface area contributed by atoms with Crippen LogP contribution in [0.2, 0.25) is 0 Å². The van der Waals surface area contributed by atoms with Crippen LogP contribution in [0, 0.1) is 5.92 Å². The van der Waals surface area contributed by atoms with Gasteiger partial charge in [-0.1, -0.05) is 0 Å². The molecule has 1 rings (SSSR count). The van der Waals surface area contributed by atoms with Crippen molar-refractivity contribution >= 4 is 18.3 Å². The fourth-order valence-electron chi connectivity index (χ4n) is 1.46. The largest absolute Gasteiger partial charge is 0.395 e. The van der Waals surface area contributed by atoms with E-state index in [0.29, 0.717) is 6.54 Å². The van der Waals surface area contributed by atoms with Crippen molar-refractivity contribution < 1.29 is 18.7 Å². The van der Waals surface area contributed by atoms with Gasteiger partial charge in [0.05, 0.1) is 13.2 Å². The Morgan fingerprint density at radius 1 is 1.60 bits per heavy atom. The topological polar surface area (TPSA) is 61.4 Å². The summed E-state index contributed by atoms with van der Waals surface area (Å²) in [5.74, 6) is -4.93. The molecule has 15 heavy (non-hydrogen) atoms. The highest BCUT2D eigenvalue weighted by molar-refractivity contribution is 5.85. The number of aliphatic hydroxyl groups is 1. The van der Waals surface area contributed by atoms with Crippen molar-refractivity contribution in [3.63, 3.8) is 0 Å². The van der Waals surface area contributed by atoms with E-state index < -0.39 is 24.3 Å². The summed E-state index contributed by atoms with van der Waals surface area (Å²) in [4.78, 5) is 11.2. The average molecular weight is 245 g/mol. The van der Waals surface area contributed by atoms with Gasteiger partial charge in [0.15, 0.2) is 0 Å². The van der Waals surface area contributed by atoms with Gasteiger partial charge < -0.3 is 15.7 Å². The standard InChI is InChI=1S/C8H14F2N2O2.ClH/c9-8(10)5-11-2-1-6(8)7(14)12-3-4-13;/h6,11,13H,1-5H2,(H,12,14);1H. The zero-order valence-corrected chi connectivity index (χ0v) is 8.95. The van der Waals surface area contributed by atoms with Crippen molar-refractivity contribution in [1.29, 1.82) is 0 Å². The lowest BCUT2D eigenvalue weighted by atomic mass is 9.93. The number of rotatable bonds is 3. The number of aliphatic hydroxyl groups excluding tert-OH is 1. The number of carbonyl (C=O) groups is 1. The lowest BCUT2D eigenvalue weighted by Crippen LogP contribution is -2.52. The molecule has 90 valence electrons. The van der Waals surface area contributed by atoms with E-state index in [1.807, 2.05) is 0 Å². The van der Waals surface area contributed by atoms with Crippen LogP contribution >= 0.6 is 12.4 Å². The van der Waals surface area contributed by atoms with Gasteiger partial charge in [0.1, 0.15) is 5.92 Å². The number of halogens is 3. The third kappa shape index (κ3) is 3.89. The average Bonchev–Trinajstić information content (AvgIpc) is 2.13. The van der Waals surface area contributed by atoms with E-state index >= 15 is 0 Å². The minimum atomic E-state index is -2.99. The van der Waals surface area contributed by atoms with Gasteiger partial charge in [0.25, 0.3) is 5.92 Å². The Balaban J connectivity index is 0.00000196. The highest BCUT2D eigenvalue weighted by Crippen LogP contribution is 2.29. The van der Waals surface area contributed by atoms with Crippen molar-refractivity contribution in [2.45, 2.75) is 12.3 Å². The molecule has 1 fully saturated rings. The highest BCUT2D eigenvalue weighted by atomic mass is 35.5. The molecule has 1 heterocycles. The maximum atomic E-state index is 13.2. The SMILES string of the molecule is Cl.O=C(NCCO)C1CCNCC1(F)F. The molecule has 0 spiro atoms. The molecular formula is C8H15ClF2N2O2. The molecule has 1 atom stereocenters. The van der Waals surface area contributed by atoms with E-state index in [0.717, 1.165) is 0 Å². The molecule has 1 amide bonds. The molecule has 0 bridgehead atoms. The third-order valence-corrected chi connectivity index (χ3v) is 2.21. The van der Waals surface area contributed by atoms with Crippen molar-refractivity contribution in [2.24, 2.45) is 5.92 Å². The lowest BCUT2D eigenvalue weighted by molar-refractivity contribution is -0.142. The fourth-order valence-corrected chi connectivity index (χ4v) is 1.46. The lowest BCUT2D eigenvalue weighted by Gasteiger charge is -2.30. The second-order valence-corrected chi connectivity index (χ2v) is 3.29. The van der Waals surface area contributed by atoms with Crippen LogP contribution in [0.4, 0.5) is 8.78 Å². The predicted octanol–water partition coefficient (Wildman–Crippen LogP) is -0.239. The van der Waals surface area contributed by atoms with E-state index in [1.165, 1.54) is 0 Å². The van der Waals surface area contributed by atoms with E-state index in [2.05, 4.69) is 10.6 Å². The van der Waals surface area contributed by atoms with Gasteiger partial charge in [-0.25, -0.2) is 8.78 Å². The quantitative estimate of drug-likeness (QED) is 0.642. The summed E-state index contributed by atoms with van der Waals surface area (Å²) in [5.41, 5.74) is 0. The minimum Gasteiger partial charge on any atom is -0.395 e. The molecule has 1 aliphatic rings. The Morgan fingerprint density at radius 3 is 2.80 bits per heavy atom. The molecule has 1 aliphatic heterocycles. The molecule has 3 N–H and O–H groups in total. The van der Waals surface area contributed by atoms with Gasteiger partial charge in [-0.15, -0.1) is 12.4 Å². The smallest absolute Gasteiger partial charge is 0.271 e. The first-order valence-electron chi connectivity index (χ1n) is 4.55. The molecule has 0 aromatic heterocycles. The minimum absolute atomic E-state index is 0. The van der Waals surface area contributed by atoms with Gasteiger partial charge in [0.2, 0.25) is 5.91 Å². The van der Waals surface area contributed by atoms with Crippen LogP contribution < -0.4 is 10.6 Å². The second-order valence-electron chi connectivity index (χ2n) is 3.29. The van der Waals surface area contributed by atoms with E-state index in [1.54, 1.807) is 0 Å². The molecule has 0 aliphatic carbocycles. The third-order valence-electron chi connectivity index (χ3n) is 2.21. The van der Waals surface area contributed by atoms with Crippen LogP contribution in [0.25, 0.3) is 0 Å². The van der Waals surface area contributed by atoms with Crippen molar-refractivity contribution in [2.75, 3.05) is 26.2 Å². The first-order chi connectivity index (χ1) is 6.58. The summed E-state index contributed by atoms with van der Waals surface area (Å²) in [7, 11) is 0. The number of alkyl halides is 2. The Labute approximate surface area is 92.8 Å². The molecule has 0 radical (unpaired) electrons. The first kappa shape index (κ1) is 14.5. The maximum Gasteiger partial charge on any atom is 0.271 e. The number of carbonyl (C=O) groups excluding carboxylic acids is 1. The van der Waals surface area contributed by atoms with Crippen LogP contribution in [0.15, 0.2) is 0 Å². The predicted molar refractivity (Wildman–Crippen MR) is 53.3 cm³/mol. The maximum absolute atomic E-state index is 13.2. The summed E-state index contributed by atoms with van der Waals surface area (Å²) in [6, 6.07) is 0. The summed E-state index contributed by atoms with van der Waals surface area (Å²) < 4.78 is 26.3. The van der Waals surface area contributed by atoms with Crippen molar-refractivity contribution in [1.82, 2.24) is 10.6 Å². The number of hydrogen-bond acceptors (Lipinski definition) is 3. The fraction of sp³-hybridized carbons (Fsp3) is 0.875. The summed E-state index contributed by atoms with van der Waals surface area (Å²) >= 11 is 0. The number of nitrogens with one attached hydrogen (secondary N) is 2. The number of piperidine rings is 1. The molecule has 1 saturated heterocycles. The van der Waals surface area contributed by atoms with Gasteiger partial charge in [-0.05, 0) is 13.0 Å². The van der Waals surface area contributed by atoms with Gasteiger partial charge in [-0.3, -0.25) is 4.79 Å². The number of amides is 1. The Hall–Kier alpha value is -0.460. The Morgan fingerprint density at radius 2 is 2.27 bits per heavy atom. The highest BCUT2D eigenvalue weighted by Gasteiger charge is 2.45. The van der Waals surface area contributed by atoms with Gasteiger partial charge >= 0.3 is 0 Å². The Kier molecular flexibility index (Phi) is 6.00. The van der Waals surface area contributed by atoms with Gasteiger partial charge in [0, 0.05) is 6.54 Å². The summed E-state index contributed by atoms with van der Waals surface area (Å²) in [6.07, 6.45) is 0.129. The van der Waals surface area contributed by atoms with Crippen molar-refractivity contribution in [3.05, 3.63) is 0 Å². The second kappa shape index (κ2) is 6.19. The molecule has 7 heteroatoms. The van der Waals surface area contributed by atoms with E-state index in [4.69, 9.17) is 5.11 Å². The van der Waals surface area contributed by atoms with E-state index in [9.17, 15) is 13.6 Å². The molecule has 1 unspecified atom stereocenters. The molecular weight excluding hydrogens is 230 g/mol. The van der Waals surface area contributed by atoms with Crippen LogP contribution in [-0.4, -0.2) is 43.2 Å². The molecule has 0 saturated carbocycles. The van der Waals surface area contributed by atoms with Gasteiger partial charge in [-0.2, -0.15) is 0 Å². The molecule has 4 nitrogen and oxygen atoms in total. The zero-order chi connectivity index (χ0) is 10.6. The summed E-state index contributed by atoms with van der Waals surface area (Å²) in [5, 5.41) is 13.2. The monoisotopic (exact) mass is 244 g/mol. The van der Waals surface area contributed by atoms with Crippen LogP contribution in [0.5, 0.6) is 0 Å².